The molecular weight excluding hydrogens is 149 g/mol. The van der Waals surface area contributed by atoms with E-state index < -0.39 is 0 Å². The molecule has 0 heterocycles. The summed E-state index contributed by atoms with van der Waals surface area (Å²) in [5.41, 5.74) is -0.109. The van der Waals surface area contributed by atoms with Gasteiger partial charge in [0.25, 0.3) is 0 Å². The van der Waals surface area contributed by atoms with E-state index in [-0.39, 0.29) is 16.7 Å². The fourth-order valence-corrected chi connectivity index (χ4v) is 0.944. The van der Waals surface area contributed by atoms with E-state index in [4.69, 9.17) is 0 Å². The van der Waals surface area contributed by atoms with Gasteiger partial charge in [-0.05, 0) is 20.8 Å². The molecule has 0 aromatic rings. The van der Waals surface area contributed by atoms with E-state index in [9.17, 15) is 4.79 Å². The monoisotopic (exact) mass is 169 g/mol. The summed E-state index contributed by atoms with van der Waals surface area (Å²) in [7, 11) is 0.588. The first-order valence-electron chi connectivity index (χ1n) is 4.41. The van der Waals surface area contributed by atoms with Crippen LogP contribution in [0.15, 0.2) is 0 Å². The Balaban J connectivity index is 3.92. The quantitative estimate of drug-likeness (QED) is 0.598. The molecule has 0 aliphatic carbocycles. The molecule has 0 saturated carbocycles. The highest BCUT2D eigenvalue weighted by Gasteiger charge is 2.21. The van der Waals surface area contributed by atoms with Crippen LogP contribution in [0, 0.1) is 0 Å². The second-order valence-electron chi connectivity index (χ2n) is 5.54. The summed E-state index contributed by atoms with van der Waals surface area (Å²) in [5, 5.41) is 3.02. The van der Waals surface area contributed by atoms with Crippen LogP contribution in [0.2, 0.25) is 5.31 Å². The Labute approximate surface area is 76.4 Å². The molecule has 1 amide bonds. The van der Waals surface area contributed by atoms with Crippen molar-refractivity contribution in [3.8, 4) is 0 Å². The minimum absolute atomic E-state index is 0.0787. The zero-order valence-electron chi connectivity index (χ0n) is 9.12. The van der Waals surface area contributed by atoms with Crippen molar-refractivity contribution in [2.45, 2.75) is 52.4 Å². The largest absolute Gasteiger partial charge is 0.360 e. The van der Waals surface area contributed by atoms with Gasteiger partial charge in [-0.3, -0.25) is 4.79 Å². The highest BCUT2D eigenvalue weighted by atomic mass is 16.1. The molecule has 0 radical (unpaired) electrons. The number of amides is 1. The molecule has 2 nitrogen and oxygen atoms in total. The Morgan fingerprint density at radius 3 is 1.75 bits per heavy atom. The van der Waals surface area contributed by atoms with Crippen molar-refractivity contribution in [1.29, 1.82) is 0 Å². The summed E-state index contributed by atoms with van der Waals surface area (Å²) in [6.45, 7) is 12.2. The number of hydrogen-bond acceptors (Lipinski definition) is 1. The van der Waals surface area contributed by atoms with Crippen LogP contribution in [-0.2, 0) is 0 Å². The van der Waals surface area contributed by atoms with E-state index in [0.717, 1.165) is 0 Å². The molecular formula is C9H20BNO. The molecule has 0 aliphatic heterocycles. The summed E-state index contributed by atoms with van der Waals surface area (Å²) in [4.78, 5) is 11.4. The molecule has 0 spiro atoms. The van der Waals surface area contributed by atoms with E-state index in [1.165, 1.54) is 0 Å². The van der Waals surface area contributed by atoms with Gasteiger partial charge in [0.05, 0.1) is 0 Å². The molecule has 0 rings (SSSR count). The van der Waals surface area contributed by atoms with Crippen molar-refractivity contribution >= 4 is 13.1 Å². The van der Waals surface area contributed by atoms with Crippen molar-refractivity contribution in [3.63, 3.8) is 0 Å². The van der Waals surface area contributed by atoms with Gasteiger partial charge in [0.2, 0.25) is 7.28 Å². The van der Waals surface area contributed by atoms with Gasteiger partial charge in [-0.15, -0.1) is 0 Å². The minimum atomic E-state index is -0.109. The number of carbonyl (C=O) groups is 1. The van der Waals surface area contributed by atoms with Crippen molar-refractivity contribution < 1.29 is 4.79 Å². The van der Waals surface area contributed by atoms with E-state index in [1.54, 1.807) is 0 Å². The van der Waals surface area contributed by atoms with Crippen LogP contribution in [-0.4, -0.2) is 18.6 Å². The van der Waals surface area contributed by atoms with E-state index >= 15 is 0 Å². The number of carbonyl (C=O) groups excluding carboxylic acids is 1. The molecule has 12 heavy (non-hydrogen) atoms. The smallest absolute Gasteiger partial charge is 0.239 e. The SMILES string of the molecule is CC(C)(C)BC(=O)NC(C)(C)C. The van der Waals surface area contributed by atoms with Gasteiger partial charge >= 0.3 is 0 Å². The minimum Gasteiger partial charge on any atom is -0.360 e. The van der Waals surface area contributed by atoms with Crippen LogP contribution >= 0.6 is 0 Å². The molecule has 1 N–H and O–H groups in total. The van der Waals surface area contributed by atoms with E-state index in [2.05, 4.69) is 26.1 Å². The third kappa shape index (κ3) is 7.64. The van der Waals surface area contributed by atoms with Gasteiger partial charge in [0, 0.05) is 5.54 Å². The summed E-state index contributed by atoms with van der Waals surface area (Å²) >= 11 is 0. The predicted molar refractivity (Wildman–Crippen MR) is 55.1 cm³/mol. The van der Waals surface area contributed by atoms with Crippen LogP contribution in [0.3, 0.4) is 0 Å². The van der Waals surface area contributed by atoms with Crippen molar-refractivity contribution in [3.05, 3.63) is 0 Å². The van der Waals surface area contributed by atoms with Crippen LogP contribution < -0.4 is 5.32 Å². The first kappa shape index (κ1) is 11.5. The van der Waals surface area contributed by atoms with Crippen molar-refractivity contribution in [2.75, 3.05) is 0 Å². The highest BCUT2D eigenvalue weighted by Crippen LogP contribution is 2.20. The van der Waals surface area contributed by atoms with Crippen LogP contribution in [0.4, 0.5) is 4.79 Å². The van der Waals surface area contributed by atoms with Gasteiger partial charge in [-0.25, -0.2) is 0 Å². The Morgan fingerprint density at radius 1 is 1.08 bits per heavy atom. The maximum atomic E-state index is 11.4. The van der Waals surface area contributed by atoms with Gasteiger partial charge < -0.3 is 5.32 Å². The molecule has 0 fully saturated rings. The lowest BCUT2D eigenvalue weighted by atomic mass is 9.54. The molecule has 0 saturated heterocycles. The predicted octanol–water partition coefficient (Wildman–Crippen LogP) is 2.15. The third-order valence-electron chi connectivity index (χ3n) is 1.21. The Morgan fingerprint density at radius 2 is 1.50 bits per heavy atom. The number of hydrogen-bond donors (Lipinski definition) is 1. The van der Waals surface area contributed by atoms with Gasteiger partial charge in [-0.2, -0.15) is 0 Å². The lowest BCUT2D eigenvalue weighted by Gasteiger charge is -2.23. The molecule has 0 aromatic carbocycles. The van der Waals surface area contributed by atoms with E-state index in [1.807, 2.05) is 20.8 Å². The van der Waals surface area contributed by atoms with Gasteiger partial charge in [-0.1, -0.05) is 26.1 Å². The zero-order chi connectivity index (χ0) is 9.99. The fraction of sp³-hybridized carbons (Fsp3) is 0.889. The van der Waals surface area contributed by atoms with Crippen molar-refractivity contribution in [2.24, 2.45) is 0 Å². The van der Waals surface area contributed by atoms with Crippen LogP contribution in [0.1, 0.15) is 41.5 Å². The fourth-order valence-electron chi connectivity index (χ4n) is 0.944. The van der Waals surface area contributed by atoms with E-state index in [0.29, 0.717) is 7.28 Å². The Hall–Kier alpha value is -0.465. The summed E-state index contributed by atoms with van der Waals surface area (Å²) < 4.78 is 0. The molecule has 0 aliphatic rings. The van der Waals surface area contributed by atoms with Gasteiger partial charge in [0.1, 0.15) is 0 Å². The third-order valence-corrected chi connectivity index (χ3v) is 1.21. The molecule has 3 heteroatoms. The van der Waals surface area contributed by atoms with Crippen molar-refractivity contribution in [1.82, 2.24) is 5.32 Å². The highest BCUT2D eigenvalue weighted by molar-refractivity contribution is 6.75. The summed E-state index contributed by atoms with van der Waals surface area (Å²) in [6, 6.07) is 0. The second kappa shape index (κ2) is 3.50. The molecule has 0 atom stereocenters. The zero-order valence-corrected chi connectivity index (χ0v) is 9.12. The number of nitrogens with one attached hydrogen (secondary N) is 1. The first-order valence-corrected chi connectivity index (χ1v) is 4.41. The van der Waals surface area contributed by atoms with Gasteiger partial charge in [0.15, 0.2) is 5.81 Å². The maximum Gasteiger partial charge on any atom is 0.239 e. The molecule has 0 bridgehead atoms. The van der Waals surface area contributed by atoms with Crippen LogP contribution in [0.5, 0.6) is 0 Å². The Kier molecular flexibility index (Phi) is 3.37. The summed E-state index contributed by atoms with van der Waals surface area (Å²) in [5.74, 6) is 0.134. The molecule has 0 aromatic heterocycles. The normalized spacial score (nSPS) is 12.5. The summed E-state index contributed by atoms with van der Waals surface area (Å²) in [6.07, 6.45) is 0. The molecule has 0 unspecified atom stereocenters. The average molecular weight is 169 g/mol. The maximum absolute atomic E-state index is 11.4. The second-order valence-corrected chi connectivity index (χ2v) is 5.54. The average Bonchev–Trinajstić information content (AvgIpc) is 1.49. The lowest BCUT2D eigenvalue weighted by Crippen LogP contribution is -2.43. The number of rotatable bonds is 1. The standard InChI is InChI=1S/C9H20BNO/c1-8(2,3)10-7(12)11-9(4,5)6/h10H,1-6H3,(H,11,12). The van der Waals surface area contributed by atoms with Crippen LogP contribution in [0.25, 0.3) is 0 Å². The Bertz CT molecular complexity index is 146. The lowest BCUT2D eigenvalue weighted by molar-refractivity contribution is 0.250. The topological polar surface area (TPSA) is 29.1 Å². The molecule has 70 valence electrons. The first-order chi connectivity index (χ1) is 5.10.